The summed E-state index contributed by atoms with van der Waals surface area (Å²) in [5.74, 6) is -0.468. The Morgan fingerprint density at radius 2 is 1.38 bits per heavy atom. The van der Waals surface area contributed by atoms with Crippen LogP contribution in [0.1, 0.15) is 94.6 Å². The van der Waals surface area contributed by atoms with Gasteiger partial charge in [0.15, 0.2) is 32.1 Å². The van der Waals surface area contributed by atoms with Crippen LogP contribution in [-0.4, -0.2) is 88.0 Å². The second-order valence-electron chi connectivity index (χ2n) is 16.0. The van der Waals surface area contributed by atoms with Gasteiger partial charge < -0.3 is 28.4 Å². The van der Waals surface area contributed by atoms with Crippen molar-refractivity contribution in [3.8, 4) is 22.7 Å². The number of rotatable bonds is 8. The summed E-state index contributed by atoms with van der Waals surface area (Å²) in [6.45, 7) is 19.6. The summed E-state index contributed by atoms with van der Waals surface area (Å²) in [6.07, 6.45) is -0.296. The van der Waals surface area contributed by atoms with Crippen molar-refractivity contribution < 1.29 is 46.3 Å². The lowest BCUT2D eigenvalue weighted by atomic mass is 10.0. The first kappa shape index (κ1) is 41.2. The van der Waals surface area contributed by atoms with Gasteiger partial charge in [-0.05, 0) is 94.6 Å². The van der Waals surface area contributed by atoms with E-state index >= 15 is 0 Å². The molecule has 0 N–H and O–H groups in total. The van der Waals surface area contributed by atoms with Gasteiger partial charge in [-0.2, -0.15) is 4.90 Å². The van der Waals surface area contributed by atoms with Crippen LogP contribution in [0.2, 0.25) is 0 Å². The predicted octanol–water partition coefficient (Wildman–Crippen LogP) is 7.57. The van der Waals surface area contributed by atoms with Gasteiger partial charge in [0.2, 0.25) is 0 Å². The molecule has 1 aliphatic rings. The molecule has 1 fully saturated rings. The summed E-state index contributed by atoms with van der Waals surface area (Å²) in [6, 6.07) is 8.76. The smallest absolute Gasteiger partial charge is 0.425 e. The number of amides is 3. The number of imide groups is 1. The molecule has 53 heavy (non-hydrogen) atoms. The predicted molar refractivity (Wildman–Crippen MR) is 196 cm³/mol. The number of carbonyl (C=O) groups excluding carboxylic acids is 3. The zero-order valence-electron chi connectivity index (χ0n) is 32.4. The third kappa shape index (κ3) is 11.0. The number of sulfone groups is 1. The van der Waals surface area contributed by atoms with Crippen LogP contribution in [0.4, 0.5) is 20.2 Å². The van der Waals surface area contributed by atoms with Gasteiger partial charge in [0.05, 0.1) is 11.4 Å². The molecule has 1 aliphatic heterocycles. The van der Waals surface area contributed by atoms with Crippen molar-refractivity contribution >= 4 is 33.9 Å². The van der Waals surface area contributed by atoms with E-state index < -0.39 is 55.2 Å². The maximum absolute atomic E-state index is 13.5. The van der Waals surface area contributed by atoms with Crippen LogP contribution < -0.4 is 4.90 Å². The van der Waals surface area contributed by atoms with E-state index in [0.29, 0.717) is 48.8 Å². The molecule has 290 valence electrons. The van der Waals surface area contributed by atoms with Crippen molar-refractivity contribution in [1.29, 1.82) is 0 Å². The van der Waals surface area contributed by atoms with Crippen LogP contribution in [0.3, 0.4) is 0 Å². The molecule has 4 rings (SSSR count). The molecule has 0 radical (unpaired) electrons. The summed E-state index contributed by atoms with van der Waals surface area (Å²) in [7, 11) is -3.96. The van der Waals surface area contributed by atoms with E-state index in [1.165, 1.54) is 19.9 Å². The minimum Gasteiger partial charge on any atom is -0.444 e. The lowest BCUT2D eigenvalue weighted by Gasteiger charge is -2.35. The summed E-state index contributed by atoms with van der Waals surface area (Å²) in [4.78, 5) is 51.2. The van der Waals surface area contributed by atoms with Crippen molar-refractivity contribution in [1.82, 2.24) is 20.0 Å². The van der Waals surface area contributed by atoms with E-state index in [0.717, 1.165) is 11.8 Å². The maximum atomic E-state index is 13.5. The van der Waals surface area contributed by atoms with Crippen molar-refractivity contribution in [3.63, 3.8) is 0 Å². The number of hydrogen-bond acceptors (Lipinski definition) is 13. The van der Waals surface area contributed by atoms with Crippen LogP contribution in [0.25, 0.3) is 22.7 Å². The fourth-order valence-corrected chi connectivity index (χ4v) is 6.00. The molecule has 0 bridgehead atoms. The highest BCUT2D eigenvalue weighted by atomic mass is 32.2. The Labute approximate surface area is 311 Å². The van der Waals surface area contributed by atoms with Gasteiger partial charge in [0.1, 0.15) is 22.5 Å². The Balaban J connectivity index is 1.74. The summed E-state index contributed by atoms with van der Waals surface area (Å²) in [5, 5.41) is 2.93. The van der Waals surface area contributed by atoms with E-state index in [4.69, 9.17) is 23.5 Å². The number of anilines is 1. The number of hydrogen-bond donors (Lipinski definition) is 0. The standard InChI is InChI=1S/C37H51N5O10S/c1-23(2)53(46,47)29-21-38-31(42(33(44)50-36(6,7)8)34(45)51-37(9,10)11)30(39-29)28-20-27(40-52-28)25-14-12-24(13-15-25)22-41(26-16-18-48-19-17-26)32(43)49-35(3,4)5/h12-15,20-21,23,26H,16-19,22H2,1-11H3. The van der Waals surface area contributed by atoms with Gasteiger partial charge in [-0.3, -0.25) is 0 Å². The SMILES string of the molecule is CC(C)S(=O)(=O)c1cnc(N(C(=O)OC(C)(C)C)C(=O)OC(C)(C)C)c(-c2cc(-c3ccc(CN(C(=O)OC(C)(C)C)C4CCOCC4)cc3)no2)n1. The first-order chi connectivity index (χ1) is 24.4. The molecular weight excluding hydrogens is 706 g/mol. The maximum Gasteiger partial charge on any atom is 0.425 e. The highest BCUT2D eigenvalue weighted by Gasteiger charge is 2.38. The average Bonchev–Trinajstić information content (AvgIpc) is 3.52. The van der Waals surface area contributed by atoms with Crippen LogP contribution in [0, 0.1) is 0 Å². The number of nitrogens with zero attached hydrogens (tertiary/aromatic N) is 5. The average molecular weight is 758 g/mol. The second kappa shape index (κ2) is 15.8. The fraction of sp³-hybridized carbons (Fsp3) is 0.568. The molecule has 1 aromatic carbocycles. The number of carbonyl (C=O) groups is 3. The third-order valence-corrected chi connectivity index (χ3v) is 9.63. The Morgan fingerprint density at radius 1 is 0.849 bits per heavy atom. The Morgan fingerprint density at radius 3 is 1.89 bits per heavy atom. The third-order valence-electron chi connectivity index (χ3n) is 7.61. The van der Waals surface area contributed by atoms with Crippen molar-refractivity contribution in [2.45, 2.75) is 129 Å². The lowest BCUT2D eigenvalue weighted by Crippen LogP contribution is -2.45. The first-order valence-corrected chi connectivity index (χ1v) is 19.0. The summed E-state index contributed by atoms with van der Waals surface area (Å²) in [5.41, 5.74) is -1.16. The van der Waals surface area contributed by atoms with E-state index in [2.05, 4.69) is 15.1 Å². The largest absolute Gasteiger partial charge is 0.444 e. The van der Waals surface area contributed by atoms with Gasteiger partial charge in [0.25, 0.3) is 0 Å². The molecule has 3 heterocycles. The molecule has 2 aromatic heterocycles. The normalized spacial score (nSPS) is 14.5. The summed E-state index contributed by atoms with van der Waals surface area (Å²) < 4.78 is 54.4. The molecule has 3 aromatic rings. The van der Waals surface area contributed by atoms with Crippen LogP contribution in [-0.2, 0) is 35.3 Å². The zero-order chi connectivity index (χ0) is 39.5. The fourth-order valence-electron chi connectivity index (χ4n) is 5.10. The molecular formula is C37H51N5O10S. The molecule has 15 nitrogen and oxygen atoms in total. The topological polar surface area (TPSA) is 181 Å². The molecule has 0 atom stereocenters. The second-order valence-corrected chi connectivity index (χ2v) is 18.4. The number of aromatic nitrogens is 3. The molecule has 16 heteroatoms. The Kier molecular flexibility index (Phi) is 12.3. The molecule has 0 spiro atoms. The highest BCUT2D eigenvalue weighted by molar-refractivity contribution is 7.91. The van der Waals surface area contributed by atoms with E-state index in [1.807, 2.05) is 32.9 Å². The van der Waals surface area contributed by atoms with Crippen molar-refractivity contribution in [3.05, 3.63) is 42.1 Å². The molecule has 0 aliphatic carbocycles. The van der Waals surface area contributed by atoms with Crippen LogP contribution in [0.5, 0.6) is 0 Å². The quantitative estimate of drug-likeness (QED) is 0.205. The van der Waals surface area contributed by atoms with Crippen molar-refractivity contribution in [2.24, 2.45) is 0 Å². The minimum absolute atomic E-state index is 0.0390. The van der Waals surface area contributed by atoms with Gasteiger partial charge in [-0.25, -0.2) is 32.8 Å². The molecule has 3 amide bonds. The number of benzene rings is 1. The molecule has 1 saturated heterocycles. The zero-order valence-corrected chi connectivity index (χ0v) is 33.2. The monoisotopic (exact) mass is 757 g/mol. The van der Waals surface area contributed by atoms with Gasteiger partial charge in [-0.1, -0.05) is 29.4 Å². The van der Waals surface area contributed by atoms with Crippen LogP contribution >= 0.6 is 0 Å². The van der Waals surface area contributed by atoms with E-state index in [9.17, 15) is 22.8 Å². The van der Waals surface area contributed by atoms with Crippen molar-refractivity contribution in [2.75, 3.05) is 18.1 Å². The summed E-state index contributed by atoms with van der Waals surface area (Å²) >= 11 is 0. The molecule has 0 saturated carbocycles. The highest BCUT2D eigenvalue weighted by Crippen LogP contribution is 2.34. The van der Waals surface area contributed by atoms with E-state index in [-0.39, 0.29) is 23.3 Å². The van der Waals surface area contributed by atoms with Gasteiger partial charge >= 0.3 is 18.3 Å². The Hall–Kier alpha value is -4.57. The minimum atomic E-state index is -3.96. The van der Waals surface area contributed by atoms with E-state index in [1.54, 1.807) is 58.6 Å². The van der Waals surface area contributed by atoms with Crippen LogP contribution in [0.15, 0.2) is 46.1 Å². The molecule has 0 unspecified atom stereocenters. The lowest BCUT2D eigenvalue weighted by molar-refractivity contribution is -0.00813. The Bertz CT molecular complexity index is 1850. The number of ether oxygens (including phenoxy) is 4. The van der Waals surface area contributed by atoms with Gasteiger partial charge in [-0.15, -0.1) is 0 Å². The van der Waals surface area contributed by atoms with Gasteiger partial charge in [0, 0.05) is 37.4 Å². The first-order valence-electron chi connectivity index (χ1n) is 17.5.